The summed E-state index contributed by atoms with van der Waals surface area (Å²) >= 11 is 0. The van der Waals surface area contributed by atoms with Gasteiger partial charge in [0.15, 0.2) is 0 Å². The van der Waals surface area contributed by atoms with Gasteiger partial charge in [0.25, 0.3) is 0 Å². The second-order valence-corrected chi connectivity index (χ2v) is 7.63. The molecule has 1 aliphatic carbocycles. The van der Waals surface area contributed by atoms with Crippen LogP contribution in [0.4, 0.5) is 0 Å². The molecular weight excluding hydrogens is 234 g/mol. The summed E-state index contributed by atoms with van der Waals surface area (Å²) in [5, 5.41) is 0. The molecule has 3 fully saturated rings. The lowest BCUT2D eigenvalue weighted by atomic mass is 9.76. The minimum absolute atomic E-state index is 0.0900. The summed E-state index contributed by atoms with van der Waals surface area (Å²) in [6.45, 7) is 9.74. The van der Waals surface area contributed by atoms with Gasteiger partial charge in [-0.25, -0.2) is 0 Å². The molecule has 3 aliphatic rings. The van der Waals surface area contributed by atoms with E-state index in [1.54, 1.807) is 0 Å². The Kier molecular flexibility index (Phi) is 3.89. The van der Waals surface area contributed by atoms with Gasteiger partial charge in [-0.05, 0) is 45.1 Å². The maximum absolute atomic E-state index is 6.72. The Balaban J connectivity index is 1.62. The van der Waals surface area contributed by atoms with Gasteiger partial charge in [-0.15, -0.1) is 0 Å². The molecular formula is C16H31N3. The van der Waals surface area contributed by atoms with Gasteiger partial charge in [-0.2, -0.15) is 0 Å². The quantitative estimate of drug-likeness (QED) is 0.829. The van der Waals surface area contributed by atoms with Crippen LogP contribution in [0.5, 0.6) is 0 Å². The van der Waals surface area contributed by atoms with Crippen LogP contribution >= 0.6 is 0 Å². The summed E-state index contributed by atoms with van der Waals surface area (Å²) in [6, 6.07) is 1.51. The van der Waals surface area contributed by atoms with Crippen molar-refractivity contribution in [3.05, 3.63) is 0 Å². The smallest absolute Gasteiger partial charge is 0.0286 e. The first-order valence-electron chi connectivity index (χ1n) is 8.33. The molecule has 2 N–H and O–H groups in total. The van der Waals surface area contributed by atoms with Gasteiger partial charge < -0.3 is 5.73 Å². The van der Waals surface area contributed by atoms with E-state index >= 15 is 0 Å². The third-order valence-corrected chi connectivity index (χ3v) is 5.71. The van der Waals surface area contributed by atoms with Crippen molar-refractivity contribution < 1.29 is 0 Å². The van der Waals surface area contributed by atoms with Gasteiger partial charge in [-0.1, -0.05) is 19.8 Å². The average molecular weight is 265 g/mol. The van der Waals surface area contributed by atoms with Gasteiger partial charge in [-0.3, -0.25) is 9.80 Å². The van der Waals surface area contributed by atoms with Crippen LogP contribution in [-0.4, -0.2) is 53.6 Å². The van der Waals surface area contributed by atoms with E-state index in [0.29, 0.717) is 6.04 Å². The van der Waals surface area contributed by atoms with Crippen molar-refractivity contribution >= 4 is 0 Å². The van der Waals surface area contributed by atoms with E-state index in [1.165, 1.54) is 58.2 Å². The van der Waals surface area contributed by atoms with Crippen molar-refractivity contribution in [3.8, 4) is 0 Å². The van der Waals surface area contributed by atoms with Gasteiger partial charge in [0.2, 0.25) is 0 Å². The van der Waals surface area contributed by atoms with Crippen molar-refractivity contribution in [1.29, 1.82) is 0 Å². The monoisotopic (exact) mass is 265 g/mol. The highest BCUT2D eigenvalue weighted by atomic mass is 15.3. The van der Waals surface area contributed by atoms with Crippen LogP contribution in [0.2, 0.25) is 0 Å². The second kappa shape index (κ2) is 5.34. The third kappa shape index (κ3) is 2.98. The molecule has 0 spiro atoms. The lowest BCUT2D eigenvalue weighted by molar-refractivity contribution is 0.0329. The summed E-state index contributed by atoms with van der Waals surface area (Å²) in [5.74, 6) is 0.821. The molecule has 110 valence electrons. The topological polar surface area (TPSA) is 32.5 Å². The highest BCUT2D eigenvalue weighted by Gasteiger charge is 2.39. The molecule has 0 aromatic carbocycles. The third-order valence-electron chi connectivity index (χ3n) is 5.71. The minimum Gasteiger partial charge on any atom is -0.324 e. The summed E-state index contributed by atoms with van der Waals surface area (Å²) in [4.78, 5) is 5.40. The van der Waals surface area contributed by atoms with Crippen molar-refractivity contribution in [2.45, 2.75) is 70.0 Å². The summed E-state index contributed by atoms with van der Waals surface area (Å²) < 4.78 is 0. The molecule has 1 saturated carbocycles. The molecule has 0 bridgehead atoms. The Morgan fingerprint density at radius 1 is 1.16 bits per heavy atom. The largest absolute Gasteiger partial charge is 0.324 e. The van der Waals surface area contributed by atoms with E-state index in [4.69, 9.17) is 5.73 Å². The van der Waals surface area contributed by atoms with Crippen molar-refractivity contribution in [1.82, 2.24) is 9.80 Å². The maximum atomic E-state index is 6.72. The molecule has 2 aliphatic heterocycles. The highest BCUT2D eigenvalue weighted by Crippen LogP contribution is 2.33. The molecule has 3 rings (SSSR count). The molecule has 4 atom stereocenters. The van der Waals surface area contributed by atoms with Gasteiger partial charge in [0.05, 0.1) is 0 Å². The fourth-order valence-electron chi connectivity index (χ4n) is 4.72. The molecule has 0 aromatic rings. The molecule has 3 heteroatoms. The van der Waals surface area contributed by atoms with E-state index in [2.05, 4.69) is 23.6 Å². The zero-order valence-electron chi connectivity index (χ0n) is 12.8. The molecule has 2 heterocycles. The normalized spacial score (nSPS) is 45.3. The zero-order chi connectivity index (χ0) is 13.5. The maximum Gasteiger partial charge on any atom is 0.0286 e. The van der Waals surface area contributed by atoms with Crippen LogP contribution in [0, 0.1) is 5.92 Å². The van der Waals surface area contributed by atoms with Gasteiger partial charge in [0.1, 0.15) is 0 Å². The van der Waals surface area contributed by atoms with Crippen LogP contribution < -0.4 is 5.73 Å². The van der Waals surface area contributed by atoms with E-state index in [0.717, 1.165) is 18.5 Å². The summed E-state index contributed by atoms with van der Waals surface area (Å²) in [6.07, 6.45) is 7.97. The van der Waals surface area contributed by atoms with Gasteiger partial charge in [0, 0.05) is 37.3 Å². The van der Waals surface area contributed by atoms with Crippen molar-refractivity contribution in [3.63, 3.8) is 0 Å². The number of hydrogen-bond acceptors (Lipinski definition) is 3. The molecule has 4 unspecified atom stereocenters. The molecule has 0 radical (unpaired) electrons. The van der Waals surface area contributed by atoms with Gasteiger partial charge >= 0.3 is 0 Å². The Labute approximate surface area is 118 Å². The van der Waals surface area contributed by atoms with Crippen LogP contribution in [0.3, 0.4) is 0 Å². The standard InChI is InChI=1S/C16H31N3/c1-13-5-3-7-16(17,9-13)12-19-11-15-6-4-8-18(15)10-14(19)2/h13-15H,3-12,17H2,1-2H3. The number of nitrogens with zero attached hydrogens (tertiary/aromatic N) is 2. The molecule has 2 saturated heterocycles. The van der Waals surface area contributed by atoms with Crippen molar-refractivity contribution in [2.24, 2.45) is 11.7 Å². The Morgan fingerprint density at radius 3 is 2.79 bits per heavy atom. The lowest BCUT2D eigenvalue weighted by Crippen LogP contribution is -2.61. The predicted octanol–water partition coefficient (Wildman–Crippen LogP) is 2.06. The average Bonchev–Trinajstić information content (AvgIpc) is 2.75. The number of piperazine rings is 1. The van der Waals surface area contributed by atoms with Crippen LogP contribution in [-0.2, 0) is 0 Å². The van der Waals surface area contributed by atoms with E-state index < -0.39 is 0 Å². The van der Waals surface area contributed by atoms with Crippen LogP contribution in [0.15, 0.2) is 0 Å². The van der Waals surface area contributed by atoms with E-state index in [-0.39, 0.29) is 5.54 Å². The van der Waals surface area contributed by atoms with Crippen LogP contribution in [0.1, 0.15) is 52.4 Å². The van der Waals surface area contributed by atoms with Crippen LogP contribution in [0.25, 0.3) is 0 Å². The first-order valence-corrected chi connectivity index (χ1v) is 8.33. The Hall–Kier alpha value is -0.120. The summed E-state index contributed by atoms with van der Waals surface area (Å²) in [7, 11) is 0. The van der Waals surface area contributed by atoms with E-state index in [9.17, 15) is 0 Å². The minimum atomic E-state index is 0.0900. The number of fused-ring (bicyclic) bond motifs is 1. The fourth-order valence-corrected chi connectivity index (χ4v) is 4.72. The second-order valence-electron chi connectivity index (χ2n) is 7.63. The Morgan fingerprint density at radius 2 is 2.00 bits per heavy atom. The molecule has 19 heavy (non-hydrogen) atoms. The first-order chi connectivity index (χ1) is 9.06. The molecule has 0 amide bonds. The first kappa shape index (κ1) is 13.8. The molecule has 3 nitrogen and oxygen atoms in total. The summed E-state index contributed by atoms with van der Waals surface area (Å²) in [5.41, 5.74) is 6.81. The highest BCUT2D eigenvalue weighted by molar-refractivity contribution is 4.97. The molecule has 0 aromatic heterocycles. The zero-order valence-corrected chi connectivity index (χ0v) is 12.8. The predicted molar refractivity (Wildman–Crippen MR) is 80.2 cm³/mol. The number of nitrogens with two attached hydrogens (primary N) is 1. The number of hydrogen-bond donors (Lipinski definition) is 1. The van der Waals surface area contributed by atoms with E-state index in [1.807, 2.05) is 0 Å². The Bertz CT molecular complexity index is 319. The van der Waals surface area contributed by atoms with Crippen molar-refractivity contribution in [2.75, 3.05) is 26.2 Å². The SMILES string of the molecule is CC1CCCC(N)(CN2CC3CCCN3CC2C)C1. The fraction of sp³-hybridized carbons (Fsp3) is 1.00. The number of rotatable bonds is 2. The lowest BCUT2D eigenvalue weighted by Gasteiger charge is -2.47.